The van der Waals surface area contributed by atoms with Crippen molar-refractivity contribution in [2.24, 2.45) is 16.8 Å². The molecule has 2 aliphatic carbocycles. The average molecular weight is 237 g/mol. The molecule has 2 rings (SSSR count). The largest absolute Gasteiger partial charge is 0.312 e. The first-order valence-corrected chi connectivity index (χ1v) is 7.42. The van der Waals surface area contributed by atoms with Crippen LogP contribution in [-0.2, 0) is 0 Å². The quantitative estimate of drug-likeness (QED) is 0.341. The second-order valence-electron chi connectivity index (χ2n) is 5.70. The number of nitrogens with two attached hydrogens (primary N) is 1. The van der Waals surface area contributed by atoms with E-state index < -0.39 is 0 Å². The zero-order valence-electron chi connectivity index (χ0n) is 11.0. The van der Waals surface area contributed by atoms with Crippen LogP contribution >= 0.6 is 0 Å². The van der Waals surface area contributed by atoms with E-state index >= 15 is 0 Å². The molecule has 3 N–H and O–H groups in total. The lowest BCUT2D eigenvalue weighted by molar-refractivity contribution is 0.440. The first-order chi connectivity index (χ1) is 8.38. The highest BCUT2D eigenvalue weighted by atomic mass is 15.3. The lowest BCUT2D eigenvalue weighted by atomic mass is 9.96. The molecule has 98 valence electrons. The molecule has 0 atom stereocenters. The van der Waals surface area contributed by atoms with Gasteiger partial charge in [0.1, 0.15) is 5.84 Å². The first kappa shape index (κ1) is 12.9. The van der Waals surface area contributed by atoms with Gasteiger partial charge in [-0.25, -0.2) is 5.84 Å². The van der Waals surface area contributed by atoms with E-state index in [-0.39, 0.29) is 0 Å². The molecule has 2 aliphatic rings. The SMILES string of the molecule is NNC(CCC1CCCC1)=NC1CCCCC1. The van der Waals surface area contributed by atoms with Crippen molar-refractivity contribution in [2.75, 3.05) is 0 Å². The van der Waals surface area contributed by atoms with Gasteiger partial charge in [-0.1, -0.05) is 44.9 Å². The van der Waals surface area contributed by atoms with Gasteiger partial charge in [-0.3, -0.25) is 4.99 Å². The van der Waals surface area contributed by atoms with E-state index in [1.165, 1.54) is 64.2 Å². The van der Waals surface area contributed by atoms with Gasteiger partial charge in [0.05, 0.1) is 6.04 Å². The molecule has 0 aromatic carbocycles. The highest BCUT2D eigenvalue weighted by molar-refractivity contribution is 5.81. The Labute approximate surface area is 105 Å². The summed E-state index contributed by atoms with van der Waals surface area (Å²) in [5.74, 6) is 7.57. The normalized spacial score (nSPS) is 24.2. The minimum absolute atomic E-state index is 0.540. The highest BCUT2D eigenvalue weighted by Crippen LogP contribution is 2.28. The molecule has 0 aromatic heterocycles. The fraction of sp³-hybridized carbons (Fsp3) is 0.929. The molecule has 0 spiro atoms. The van der Waals surface area contributed by atoms with Crippen molar-refractivity contribution in [2.45, 2.75) is 76.7 Å². The van der Waals surface area contributed by atoms with E-state index in [9.17, 15) is 0 Å². The zero-order valence-corrected chi connectivity index (χ0v) is 11.0. The van der Waals surface area contributed by atoms with Crippen molar-refractivity contribution in [3.8, 4) is 0 Å². The molecule has 3 heteroatoms. The molecular formula is C14H27N3. The molecule has 0 bridgehead atoms. The summed E-state index contributed by atoms with van der Waals surface area (Å²) >= 11 is 0. The van der Waals surface area contributed by atoms with Gasteiger partial charge in [0.25, 0.3) is 0 Å². The zero-order chi connectivity index (χ0) is 11.9. The van der Waals surface area contributed by atoms with Crippen molar-refractivity contribution in [3.63, 3.8) is 0 Å². The molecule has 0 amide bonds. The number of nitrogens with zero attached hydrogens (tertiary/aromatic N) is 1. The fourth-order valence-electron chi connectivity index (χ4n) is 3.24. The third kappa shape index (κ3) is 4.30. The van der Waals surface area contributed by atoms with E-state index in [1.54, 1.807) is 0 Å². The molecule has 17 heavy (non-hydrogen) atoms. The van der Waals surface area contributed by atoms with Gasteiger partial charge in [-0.05, 0) is 25.2 Å². The summed E-state index contributed by atoms with van der Waals surface area (Å²) in [6.45, 7) is 0. The minimum atomic E-state index is 0.540. The highest BCUT2D eigenvalue weighted by Gasteiger charge is 2.17. The minimum Gasteiger partial charge on any atom is -0.312 e. The van der Waals surface area contributed by atoms with Crippen LogP contribution < -0.4 is 11.3 Å². The van der Waals surface area contributed by atoms with Crippen molar-refractivity contribution < 1.29 is 0 Å². The van der Waals surface area contributed by atoms with Crippen LogP contribution in [0.1, 0.15) is 70.6 Å². The van der Waals surface area contributed by atoms with Crippen LogP contribution in [0.2, 0.25) is 0 Å². The van der Waals surface area contributed by atoms with Gasteiger partial charge in [-0.2, -0.15) is 0 Å². The predicted octanol–water partition coefficient (Wildman–Crippen LogP) is 3.15. The molecular weight excluding hydrogens is 210 g/mol. The Hall–Kier alpha value is -0.570. The summed E-state index contributed by atoms with van der Waals surface area (Å²) in [6, 6.07) is 0.540. The van der Waals surface area contributed by atoms with E-state index in [2.05, 4.69) is 5.43 Å². The third-order valence-corrected chi connectivity index (χ3v) is 4.34. The van der Waals surface area contributed by atoms with E-state index in [0.29, 0.717) is 6.04 Å². The maximum atomic E-state index is 5.59. The standard InChI is InChI=1S/C14H27N3/c15-17-14(11-10-12-6-4-5-7-12)16-13-8-2-1-3-9-13/h12-13H,1-11,15H2,(H,16,17). The number of hydrogen-bond donors (Lipinski definition) is 2. The van der Waals surface area contributed by atoms with Crippen LogP contribution in [0.15, 0.2) is 4.99 Å². The Balaban J connectivity index is 1.75. The predicted molar refractivity (Wildman–Crippen MR) is 72.8 cm³/mol. The summed E-state index contributed by atoms with van der Waals surface area (Å²) in [5, 5.41) is 0. The van der Waals surface area contributed by atoms with E-state index in [0.717, 1.165) is 18.2 Å². The molecule has 0 unspecified atom stereocenters. The number of nitrogens with one attached hydrogen (secondary N) is 1. The smallest absolute Gasteiger partial charge is 0.111 e. The van der Waals surface area contributed by atoms with Crippen LogP contribution in [0.25, 0.3) is 0 Å². The number of hydrazine groups is 1. The van der Waals surface area contributed by atoms with Crippen molar-refractivity contribution in [1.82, 2.24) is 5.43 Å². The Morgan fingerprint density at radius 3 is 2.29 bits per heavy atom. The van der Waals surface area contributed by atoms with Crippen LogP contribution in [-0.4, -0.2) is 11.9 Å². The van der Waals surface area contributed by atoms with Gasteiger partial charge < -0.3 is 5.43 Å². The molecule has 0 saturated heterocycles. The molecule has 0 heterocycles. The van der Waals surface area contributed by atoms with Crippen LogP contribution in [0.3, 0.4) is 0 Å². The van der Waals surface area contributed by atoms with Crippen LogP contribution in [0.5, 0.6) is 0 Å². The number of rotatable bonds is 4. The molecule has 2 saturated carbocycles. The summed E-state index contributed by atoms with van der Waals surface area (Å²) in [6.07, 6.45) is 14.6. The molecule has 3 nitrogen and oxygen atoms in total. The fourth-order valence-corrected chi connectivity index (χ4v) is 3.24. The van der Waals surface area contributed by atoms with Gasteiger partial charge in [0.2, 0.25) is 0 Å². The summed E-state index contributed by atoms with van der Waals surface area (Å²) in [4.78, 5) is 4.80. The van der Waals surface area contributed by atoms with Gasteiger partial charge in [0, 0.05) is 6.42 Å². The van der Waals surface area contributed by atoms with Crippen molar-refractivity contribution in [3.05, 3.63) is 0 Å². The Bertz CT molecular complexity index is 238. The second kappa shape index (κ2) is 7.00. The number of amidine groups is 1. The number of aliphatic imine (C=N–C) groups is 1. The molecule has 0 aliphatic heterocycles. The van der Waals surface area contributed by atoms with Crippen molar-refractivity contribution >= 4 is 5.84 Å². The maximum absolute atomic E-state index is 5.59. The molecule has 2 fully saturated rings. The molecule has 0 aromatic rings. The lowest BCUT2D eigenvalue weighted by Gasteiger charge is -2.19. The van der Waals surface area contributed by atoms with Crippen LogP contribution in [0.4, 0.5) is 0 Å². The first-order valence-electron chi connectivity index (χ1n) is 7.42. The van der Waals surface area contributed by atoms with Gasteiger partial charge in [-0.15, -0.1) is 0 Å². The lowest BCUT2D eigenvalue weighted by Crippen LogP contribution is -2.32. The number of hydrogen-bond acceptors (Lipinski definition) is 2. The van der Waals surface area contributed by atoms with E-state index in [1.807, 2.05) is 0 Å². The monoisotopic (exact) mass is 237 g/mol. The third-order valence-electron chi connectivity index (χ3n) is 4.34. The molecule has 0 radical (unpaired) electrons. The van der Waals surface area contributed by atoms with Crippen molar-refractivity contribution in [1.29, 1.82) is 0 Å². The summed E-state index contributed by atoms with van der Waals surface area (Å²) < 4.78 is 0. The van der Waals surface area contributed by atoms with E-state index in [4.69, 9.17) is 10.8 Å². The Morgan fingerprint density at radius 1 is 1.00 bits per heavy atom. The summed E-state index contributed by atoms with van der Waals surface area (Å²) in [5.41, 5.74) is 2.82. The Morgan fingerprint density at radius 2 is 1.65 bits per heavy atom. The average Bonchev–Trinajstić information content (AvgIpc) is 2.89. The van der Waals surface area contributed by atoms with Crippen LogP contribution in [0, 0.1) is 5.92 Å². The van der Waals surface area contributed by atoms with Gasteiger partial charge >= 0.3 is 0 Å². The topological polar surface area (TPSA) is 50.4 Å². The Kier molecular flexibility index (Phi) is 5.30. The second-order valence-corrected chi connectivity index (χ2v) is 5.70. The maximum Gasteiger partial charge on any atom is 0.111 e. The summed E-state index contributed by atoms with van der Waals surface area (Å²) in [7, 11) is 0. The van der Waals surface area contributed by atoms with Gasteiger partial charge in [0.15, 0.2) is 0 Å².